The fourth-order valence-corrected chi connectivity index (χ4v) is 4.61. The van der Waals surface area contributed by atoms with Crippen LogP contribution in [0.4, 0.5) is 21.8 Å². The van der Waals surface area contributed by atoms with Gasteiger partial charge in [-0.15, -0.1) is 0 Å². The van der Waals surface area contributed by atoms with E-state index in [0.29, 0.717) is 42.7 Å². The van der Waals surface area contributed by atoms with E-state index in [0.717, 1.165) is 17.1 Å². The topological polar surface area (TPSA) is 77.3 Å². The molecule has 2 aliphatic rings. The lowest BCUT2D eigenvalue weighted by molar-refractivity contribution is -0.0284. The van der Waals surface area contributed by atoms with Crippen molar-refractivity contribution in [3.8, 4) is 17.2 Å². The minimum absolute atomic E-state index is 0.351. The van der Waals surface area contributed by atoms with Crippen LogP contribution >= 0.6 is 0 Å². The van der Waals surface area contributed by atoms with Gasteiger partial charge in [0.2, 0.25) is 5.95 Å². The number of halogens is 1. The molecule has 1 spiro atoms. The van der Waals surface area contributed by atoms with E-state index in [1.54, 1.807) is 26.6 Å². The number of likely N-dealkylation sites (N-methyl/N-ethyl adjacent to an activating group) is 1. The number of nitrogens with one attached hydrogen (secondary N) is 1. The molecule has 162 valence electrons. The average molecular weight is 424 g/mol. The summed E-state index contributed by atoms with van der Waals surface area (Å²) in [7, 11) is 3.57. The van der Waals surface area contributed by atoms with E-state index in [4.69, 9.17) is 9.47 Å². The Labute approximate surface area is 180 Å². The van der Waals surface area contributed by atoms with Gasteiger partial charge in [-0.2, -0.15) is 4.98 Å². The number of ether oxygens (including phenoxy) is 2. The molecular formula is C22H25FN6O2. The first-order valence-corrected chi connectivity index (χ1v) is 10.2. The zero-order valence-electron chi connectivity index (χ0n) is 18.0. The van der Waals surface area contributed by atoms with Gasteiger partial charge in [-0.1, -0.05) is 0 Å². The van der Waals surface area contributed by atoms with E-state index in [2.05, 4.69) is 20.3 Å². The lowest BCUT2D eigenvalue weighted by atomic mass is 9.66. The van der Waals surface area contributed by atoms with E-state index in [9.17, 15) is 4.39 Å². The summed E-state index contributed by atoms with van der Waals surface area (Å²) in [5, 5.41) is 3.23. The van der Waals surface area contributed by atoms with Crippen molar-refractivity contribution < 1.29 is 13.9 Å². The average Bonchev–Trinajstić information content (AvgIpc) is 3.15. The fraction of sp³-hybridized carbons (Fsp3) is 0.409. The summed E-state index contributed by atoms with van der Waals surface area (Å²) in [5.41, 5.74) is 1.08. The van der Waals surface area contributed by atoms with Crippen LogP contribution in [0.15, 0.2) is 36.9 Å². The summed E-state index contributed by atoms with van der Waals surface area (Å²) in [5.74, 6) is 2.39. The Morgan fingerprint density at radius 1 is 1.26 bits per heavy atom. The highest BCUT2D eigenvalue weighted by molar-refractivity contribution is 5.64. The quantitative estimate of drug-likeness (QED) is 0.682. The van der Waals surface area contributed by atoms with Crippen molar-refractivity contribution in [1.29, 1.82) is 0 Å². The minimum atomic E-state index is -1.16. The molecule has 1 aliphatic carbocycles. The zero-order chi connectivity index (χ0) is 21.8. The van der Waals surface area contributed by atoms with E-state index in [1.807, 2.05) is 47.8 Å². The van der Waals surface area contributed by atoms with E-state index in [-0.39, 0.29) is 5.54 Å². The number of alkyl halides is 1. The van der Waals surface area contributed by atoms with Gasteiger partial charge in [-0.25, -0.2) is 14.4 Å². The third-order valence-electron chi connectivity index (χ3n) is 6.08. The summed E-state index contributed by atoms with van der Waals surface area (Å²) < 4.78 is 27.6. The number of aromatic nitrogens is 4. The van der Waals surface area contributed by atoms with Crippen LogP contribution in [0, 0.1) is 6.92 Å². The molecule has 0 bridgehead atoms. The molecule has 0 radical (unpaired) electrons. The first kappa shape index (κ1) is 19.6. The van der Waals surface area contributed by atoms with Crippen molar-refractivity contribution in [3.63, 3.8) is 0 Å². The summed E-state index contributed by atoms with van der Waals surface area (Å²) >= 11 is 0. The molecule has 31 heavy (non-hydrogen) atoms. The van der Waals surface area contributed by atoms with Crippen LogP contribution in [0.25, 0.3) is 5.69 Å². The van der Waals surface area contributed by atoms with Crippen molar-refractivity contribution in [1.82, 2.24) is 19.5 Å². The predicted octanol–water partition coefficient (Wildman–Crippen LogP) is 3.81. The van der Waals surface area contributed by atoms with Gasteiger partial charge in [0.05, 0.1) is 36.6 Å². The van der Waals surface area contributed by atoms with Gasteiger partial charge in [0.1, 0.15) is 18.0 Å². The number of imidazole rings is 1. The molecule has 1 aliphatic heterocycles. The molecule has 9 heteroatoms. The number of methoxy groups -OCH3 is 1. The molecule has 3 heterocycles. The smallest absolute Gasteiger partial charge is 0.229 e. The third kappa shape index (κ3) is 3.34. The number of benzene rings is 1. The highest BCUT2D eigenvalue weighted by Gasteiger charge is 2.58. The zero-order valence-corrected chi connectivity index (χ0v) is 18.0. The number of fused-ring (bicyclic) bond motifs is 1. The lowest BCUT2D eigenvalue weighted by Crippen LogP contribution is -2.66. The predicted molar refractivity (Wildman–Crippen MR) is 116 cm³/mol. The second kappa shape index (κ2) is 6.83. The molecule has 1 fully saturated rings. The molecule has 0 atom stereocenters. The Morgan fingerprint density at radius 3 is 2.74 bits per heavy atom. The summed E-state index contributed by atoms with van der Waals surface area (Å²) in [6.07, 6.45) is 6.19. The van der Waals surface area contributed by atoms with Gasteiger partial charge in [-0.3, -0.25) is 0 Å². The first-order chi connectivity index (χ1) is 14.8. The maximum absolute atomic E-state index is 14.2. The molecule has 8 nitrogen and oxygen atoms in total. The molecule has 0 saturated heterocycles. The molecule has 1 N–H and O–H groups in total. The molecule has 0 unspecified atom stereocenters. The molecule has 3 aromatic rings. The minimum Gasteiger partial charge on any atom is -0.494 e. The third-order valence-corrected chi connectivity index (χ3v) is 6.08. The van der Waals surface area contributed by atoms with Gasteiger partial charge in [0.25, 0.3) is 0 Å². The fourth-order valence-electron chi connectivity index (χ4n) is 4.61. The van der Waals surface area contributed by atoms with Gasteiger partial charge in [0.15, 0.2) is 11.6 Å². The molecular weight excluding hydrogens is 399 g/mol. The summed E-state index contributed by atoms with van der Waals surface area (Å²) in [6, 6.07) is 5.76. The van der Waals surface area contributed by atoms with E-state index >= 15 is 0 Å². The van der Waals surface area contributed by atoms with E-state index in [1.165, 1.54) is 0 Å². The number of hydrogen-bond acceptors (Lipinski definition) is 7. The number of anilines is 3. The highest BCUT2D eigenvalue weighted by Crippen LogP contribution is 2.52. The Bertz CT molecular complexity index is 1140. The van der Waals surface area contributed by atoms with Crippen molar-refractivity contribution in [2.45, 2.75) is 37.9 Å². The maximum atomic E-state index is 14.2. The van der Waals surface area contributed by atoms with Gasteiger partial charge >= 0.3 is 0 Å². The largest absolute Gasteiger partial charge is 0.494 e. The Hall–Kier alpha value is -3.36. The Balaban J connectivity index is 1.40. The lowest BCUT2D eigenvalue weighted by Gasteiger charge is -2.56. The van der Waals surface area contributed by atoms with Crippen molar-refractivity contribution in [2.75, 3.05) is 31.0 Å². The van der Waals surface area contributed by atoms with Crippen LogP contribution in [0.5, 0.6) is 11.5 Å². The second-order valence-electron chi connectivity index (χ2n) is 8.65. The Morgan fingerprint density at radius 2 is 2.06 bits per heavy atom. The van der Waals surface area contributed by atoms with Crippen LogP contribution in [-0.2, 0) is 0 Å². The second-order valence-corrected chi connectivity index (χ2v) is 8.65. The monoisotopic (exact) mass is 424 g/mol. The maximum Gasteiger partial charge on any atom is 0.229 e. The van der Waals surface area contributed by atoms with Crippen LogP contribution in [0.2, 0.25) is 0 Å². The van der Waals surface area contributed by atoms with Gasteiger partial charge < -0.3 is 24.3 Å². The Kier molecular flexibility index (Phi) is 4.32. The number of hydrogen-bond donors (Lipinski definition) is 1. The summed E-state index contributed by atoms with van der Waals surface area (Å²) in [6.45, 7) is 4.02. The highest BCUT2D eigenvalue weighted by atomic mass is 19.1. The van der Waals surface area contributed by atoms with Crippen molar-refractivity contribution >= 4 is 17.5 Å². The summed E-state index contributed by atoms with van der Waals surface area (Å²) in [4.78, 5) is 15.3. The van der Waals surface area contributed by atoms with Crippen LogP contribution in [0.1, 0.15) is 25.5 Å². The van der Waals surface area contributed by atoms with Gasteiger partial charge in [-0.05, 0) is 26.0 Å². The standard InChI is InChI=1S/C22H25FN6O2/c1-14-9-29(13-25-14)16-6-5-15(7-17(16)30-4)26-20-24-8-18-19(27-20)28(3)22(12-31-18)10-21(2,23)11-22/h5-9,13H,10-12H2,1-4H3,(H,24,26,27). The molecule has 2 aromatic heterocycles. The molecule has 1 aromatic carbocycles. The number of rotatable bonds is 4. The molecule has 0 amide bonds. The van der Waals surface area contributed by atoms with Gasteiger partial charge in [0, 0.05) is 37.8 Å². The van der Waals surface area contributed by atoms with Crippen LogP contribution < -0.4 is 19.7 Å². The first-order valence-electron chi connectivity index (χ1n) is 10.2. The molecule has 1 saturated carbocycles. The SMILES string of the molecule is COc1cc(Nc2ncc3c(n2)N(C)C2(CO3)CC(C)(F)C2)ccc1-n1cnc(C)c1. The van der Waals surface area contributed by atoms with Crippen molar-refractivity contribution in [3.05, 3.63) is 42.6 Å². The van der Waals surface area contributed by atoms with Crippen LogP contribution in [0.3, 0.4) is 0 Å². The molecule has 5 rings (SSSR count). The normalized spacial score (nSPS) is 24.4. The van der Waals surface area contributed by atoms with Crippen molar-refractivity contribution in [2.24, 2.45) is 0 Å². The number of nitrogens with zero attached hydrogens (tertiary/aromatic N) is 5. The van der Waals surface area contributed by atoms with E-state index < -0.39 is 5.67 Å². The number of aryl methyl sites for hydroxylation is 1. The van der Waals surface area contributed by atoms with Crippen LogP contribution in [-0.4, -0.2) is 51.5 Å².